The van der Waals surface area contributed by atoms with Gasteiger partial charge in [-0.1, -0.05) is 36.4 Å². The number of rotatable bonds is 1. The molecule has 0 aliphatic rings. The predicted octanol–water partition coefficient (Wildman–Crippen LogP) is 5.13. The van der Waals surface area contributed by atoms with Crippen LogP contribution in [-0.4, -0.2) is 4.98 Å². The van der Waals surface area contributed by atoms with E-state index in [4.69, 9.17) is 0 Å². The Morgan fingerprint density at radius 2 is 1.40 bits per heavy atom. The second-order valence-corrected chi connectivity index (χ2v) is 4.95. The molecule has 0 amide bonds. The highest BCUT2D eigenvalue weighted by Crippen LogP contribution is 2.29. The van der Waals surface area contributed by atoms with Gasteiger partial charge in [-0.05, 0) is 41.1 Å². The number of hydrogen-bond acceptors (Lipinski definition) is 0. The van der Waals surface area contributed by atoms with Gasteiger partial charge in [-0.3, -0.25) is 0 Å². The fourth-order valence-electron chi connectivity index (χ4n) is 2.65. The van der Waals surface area contributed by atoms with E-state index in [1.54, 1.807) is 12.1 Å². The molecule has 0 atom stereocenters. The van der Waals surface area contributed by atoms with E-state index >= 15 is 0 Å². The quantitative estimate of drug-likeness (QED) is 0.489. The van der Waals surface area contributed by atoms with Gasteiger partial charge in [0.05, 0.1) is 0 Å². The maximum absolute atomic E-state index is 13.9. The number of nitrogens with one attached hydrogen (secondary N) is 1. The Labute approximate surface area is 115 Å². The monoisotopic (exact) mass is 261 g/mol. The van der Waals surface area contributed by atoms with Crippen molar-refractivity contribution < 1.29 is 4.39 Å². The Morgan fingerprint density at radius 1 is 0.700 bits per heavy atom. The minimum atomic E-state index is -0.205. The predicted molar refractivity (Wildman–Crippen MR) is 81.2 cm³/mol. The summed E-state index contributed by atoms with van der Waals surface area (Å²) >= 11 is 0. The van der Waals surface area contributed by atoms with Crippen molar-refractivity contribution in [3.05, 3.63) is 72.5 Å². The van der Waals surface area contributed by atoms with Gasteiger partial charge in [0.1, 0.15) is 5.82 Å². The number of benzene rings is 3. The first-order valence-corrected chi connectivity index (χ1v) is 6.58. The van der Waals surface area contributed by atoms with Crippen LogP contribution in [-0.2, 0) is 0 Å². The summed E-state index contributed by atoms with van der Waals surface area (Å²) in [5.74, 6) is -0.205. The van der Waals surface area contributed by atoms with E-state index in [9.17, 15) is 4.39 Å². The lowest BCUT2D eigenvalue weighted by molar-refractivity contribution is 0.631. The summed E-state index contributed by atoms with van der Waals surface area (Å²) < 4.78 is 13.9. The highest BCUT2D eigenvalue weighted by atomic mass is 19.1. The molecule has 0 aliphatic heterocycles. The molecule has 0 aliphatic carbocycles. The molecule has 0 bridgehead atoms. The lowest BCUT2D eigenvalue weighted by Gasteiger charge is -1.98. The van der Waals surface area contributed by atoms with Crippen molar-refractivity contribution in [1.29, 1.82) is 0 Å². The molecule has 1 aromatic heterocycles. The SMILES string of the molecule is Fc1ccccc1-c1cc2cc3ccccc3cc2[nH]1. The second kappa shape index (κ2) is 4.20. The van der Waals surface area contributed by atoms with Crippen LogP contribution in [0.25, 0.3) is 32.9 Å². The highest BCUT2D eigenvalue weighted by Gasteiger charge is 2.08. The zero-order valence-corrected chi connectivity index (χ0v) is 10.7. The van der Waals surface area contributed by atoms with Crippen molar-refractivity contribution in [2.75, 3.05) is 0 Å². The Balaban J connectivity index is 1.99. The van der Waals surface area contributed by atoms with Crippen LogP contribution < -0.4 is 0 Å². The summed E-state index contributed by atoms with van der Waals surface area (Å²) in [4.78, 5) is 3.30. The molecule has 1 N–H and O–H groups in total. The fourth-order valence-corrected chi connectivity index (χ4v) is 2.65. The molecule has 0 fully saturated rings. The molecule has 20 heavy (non-hydrogen) atoms. The topological polar surface area (TPSA) is 15.8 Å². The second-order valence-electron chi connectivity index (χ2n) is 4.95. The molecule has 0 saturated carbocycles. The molecule has 96 valence electrons. The van der Waals surface area contributed by atoms with E-state index < -0.39 is 0 Å². The molecule has 4 aromatic rings. The third-order valence-electron chi connectivity index (χ3n) is 3.65. The largest absolute Gasteiger partial charge is 0.354 e. The van der Waals surface area contributed by atoms with Gasteiger partial charge < -0.3 is 4.98 Å². The third kappa shape index (κ3) is 1.69. The van der Waals surface area contributed by atoms with Crippen molar-refractivity contribution in [3.63, 3.8) is 0 Å². The Morgan fingerprint density at radius 3 is 2.20 bits per heavy atom. The lowest BCUT2D eigenvalue weighted by atomic mass is 10.1. The molecule has 0 spiro atoms. The molecule has 1 heterocycles. The Bertz CT molecular complexity index is 868. The normalized spacial score (nSPS) is 11.2. The summed E-state index contributed by atoms with van der Waals surface area (Å²) in [5.41, 5.74) is 2.45. The molecule has 4 rings (SSSR count). The molecule has 0 saturated heterocycles. The summed E-state index contributed by atoms with van der Waals surface area (Å²) in [6, 6.07) is 21.3. The van der Waals surface area contributed by atoms with Crippen LogP contribution in [0.3, 0.4) is 0 Å². The van der Waals surface area contributed by atoms with Gasteiger partial charge >= 0.3 is 0 Å². The average molecular weight is 261 g/mol. The van der Waals surface area contributed by atoms with Crippen LogP contribution in [0.4, 0.5) is 4.39 Å². The lowest BCUT2D eigenvalue weighted by Crippen LogP contribution is -1.82. The number of fused-ring (bicyclic) bond motifs is 2. The molecule has 2 heteroatoms. The summed E-state index contributed by atoms with van der Waals surface area (Å²) in [5, 5.41) is 3.47. The number of aromatic amines is 1. The number of aromatic nitrogens is 1. The van der Waals surface area contributed by atoms with E-state index in [1.165, 1.54) is 16.8 Å². The Kier molecular flexibility index (Phi) is 2.36. The first-order chi connectivity index (χ1) is 9.81. The number of H-pyrrole nitrogens is 1. The van der Waals surface area contributed by atoms with E-state index in [0.717, 1.165) is 16.6 Å². The first-order valence-electron chi connectivity index (χ1n) is 6.58. The van der Waals surface area contributed by atoms with E-state index in [-0.39, 0.29) is 5.82 Å². The van der Waals surface area contributed by atoms with Gasteiger partial charge in [-0.15, -0.1) is 0 Å². The third-order valence-corrected chi connectivity index (χ3v) is 3.65. The van der Waals surface area contributed by atoms with Gasteiger partial charge in [0.25, 0.3) is 0 Å². The Hall–Kier alpha value is -2.61. The van der Waals surface area contributed by atoms with Crippen molar-refractivity contribution in [3.8, 4) is 11.3 Å². The van der Waals surface area contributed by atoms with Crippen LogP contribution >= 0.6 is 0 Å². The van der Waals surface area contributed by atoms with Gasteiger partial charge in [0.15, 0.2) is 0 Å². The smallest absolute Gasteiger partial charge is 0.132 e. The van der Waals surface area contributed by atoms with Crippen LogP contribution in [0.1, 0.15) is 0 Å². The van der Waals surface area contributed by atoms with Crippen molar-refractivity contribution >= 4 is 21.7 Å². The van der Waals surface area contributed by atoms with E-state index in [0.29, 0.717) is 5.56 Å². The average Bonchev–Trinajstić information content (AvgIpc) is 2.87. The number of hydrogen-bond donors (Lipinski definition) is 1. The molecular weight excluding hydrogens is 249 g/mol. The van der Waals surface area contributed by atoms with Crippen molar-refractivity contribution in [2.45, 2.75) is 0 Å². The molecular formula is C18H12FN. The van der Waals surface area contributed by atoms with Crippen molar-refractivity contribution in [1.82, 2.24) is 4.98 Å². The van der Waals surface area contributed by atoms with Gasteiger partial charge in [-0.2, -0.15) is 0 Å². The molecule has 0 radical (unpaired) electrons. The van der Waals surface area contributed by atoms with Crippen LogP contribution in [0, 0.1) is 5.82 Å². The maximum Gasteiger partial charge on any atom is 0.132 e. The van der Waals surface area contributed by atoms with Gasteiger partial charge in [-0.25, -0.2) is 4.39 Å². The van der Waals surface area contributed by atoms with Crippen molar-refractivity contribution in [2.24, 2.45) is 0 Å². The number of halogens is 1. The molecule has 0 unspecified atom stereocenters. The zero-order chi connectivity index (χ0) is 13.5. The zero-order valence-electron chi connectivity index (χ0n) is 10.7. The fraction of sp³-hybridized carbons (Fsp3) is 0. The summed E-state index contributed by atoms with van der Waals surface area (Å²) in [6.45, 7) is 0. The summed E-state index contributed by atoms with van der Waals surface area (Å²) in [7, 11) is 0. The minimum Gasteiger partial charge on any atom is -0.354 e. The van der Waals surface area contributed by atoms with Gasteiger partial charge in [0.2, 0.25) is 0 Å². The van der Waals surface area contributed by atoms with Crippen LogP contribution in [0.15, 0.2) is 66.7 Å². The standard InChI is InChI=1S/C18H12FN/c19-16-8-4-3-7-15(16)18-11-14-9-12-5-1-2-6-13(12)10-17(14)20-18/h1-11,20H. The van der Waals surface area contributed by atoms with Crippen LogP contribution in [0.5, 0.6) is 0 Å². The van der Waals surface area contributed by atoms with Crippen LogP contribution in [0.2, 0.25) is 0 Å². The molecule has 3 aromatic carbocycles. The molecule has 1 nitrogen and oxygen atoms in total. The van der Waals surface area contributed by atoms with E-state index in [1.807, 2.05) is 24.3 Å². The first kappa shape index (κ1) is 11.2. The maximum atomic E-state index is 13.9. The minimum absolute atomic E-state index is 0.205. The summed E-state index contributed by atoms with van der Waals surface area (Å²) in [6.07, 6.45) is 0. The van der Waals surface area contributed by atoms with E-state index in [2.05, 4.69) is 29.2 Å². The van der Waals surface area contributed by atoms with Gasteiger partial charge in [0, 0.05) is 22.2 Å². The highest BCUT2D eigenvalue weighted by molar-refractivity contribution is 5.98.